The van der Waals surface area contributed by atoms with Gasteiger partial charge in [-0.3, -0.25) is 9.97 Å². The molecule has 4 aromatic rings. The Bertz CT molecular complexity index is 1160. The van der Waals surface area contributed by atoms with Crippen molar-refractivity contribution in [3.63, 3.8) is 0 Å². The summed E-state index contributed by atoms with van der Waals surface area (Å²) >= 11 is 3.24. The third kappa shape index (κ3) is 3.29. The highest BCUT2D eigenvalue weighted by Gasteiger charge is 2.22. The van der Waals surface area contributed by atoms with E-state index in [1.165, 1.54) is 17.5 Å². The van der Waals surface area contributed by atoms with Crippen LogP contribution in [0.25, 0.3) is 11.1 Å². The van der Waals surface area contributed by atoms with Crippen LogP contribution >= 0.6 is 23.7 Å². The SMILES string of the molecule is O=c1[nH]c2ccc(SNc3cccc(C4Nc5ccncc5S4)c3)cc2o1. The summed E-state index contributed by atoms with van der Waals surface area (Å²) in [4.78, 5) is 20.2. The van der Waals surface area contributed by atoms with Gasteiger partial charge in [0.05, 0.1) is 16.1 Å². The second kappa shape index (κ2) is 6.71. The lowest BCUT2D eigenvalue weighted by molar-refractivity contribution is 0.555. The number of aromatic nitrogens is 2. The molecule has 6 nitrogen and oxygen atoms in total. The van der Waals surface area contributed by atoms with Crippen LogP contribution in [0.2, 0.25) is 0 Å². The van der Waals surface area contributed by atoms with Crippen LogP contribution in [0.3, 0.4) is 0 Å². The van der Waals surface area contributed by atoms with Crippen LogP contribution in [-0.2, 0) is 0 Å². The van der Waals surface area contributed by atoms with Gasteiger partial charge in [-0.15, -0.1) is 0 Å². The molecule has 8 heteroatoms. The molecule has 2 aromatic carbocycles. The number of oxazole rings is 1. The van der Waals surface area contributed by atoms with Gasteiger partial charge < -0.3 is 14.5 Å². The predicted octanol–water partition coefficient (Wildman–Crippen LogP) is 4.85. The second-order valence-corrected chi connectivity index (χ2v) is 8.04. The number of fused-ring (bicyclic) bond motifs is 2. The Hall–Kier alpha value is -2.84. The number of pyridine rings is 1. The zero-order valence-corrected chi connectivity index (χ0v) is 15.6. The lowest BCUT2D eigenvalue weighted by atomic mass is 10.2. The quantitative estimate of drug-likeness (QED) is 0.427. The van der Waals surface area contributed by atoms with Gasteiger partial charge in [-0.2, -0.15) is 0 Å². The number of nitrogens with one attached hydrogen (secondary N) is 3. The summed E-state index contributed by atoms with van der Waals surface area (Å²) < 4.78 is 8.46. The Balaban J connectivity index is 1.31. The minimum atomic E-state index is -0.439. The van der Waals surface area contributed by atoms with E-state index in [9.17, 15) is 4.79 Å². The molecule has 1 aliphatic heterocycles. The van der Waals surface area contributed by atoms with Crippen LogP contribution in [0.5, 0.6) is 0 Å². The van der Waals surface area contributed by atoms with Crippen molar-refractivity contribution in [3.05, 3.63) is 77.0 Å². The molecule has 0 fully saturated rings. The fraction of sp³-hybridized carbons (Fsp3) is 0.0526. The molecular weight excluding hydrogens is 380 g/mol. The Labute approximate surface area is 162 Å². The molecule has 0 bridgehead atoms. The summed E-state index contributed by atoms with van der Waals surface area (Å²) in [6, 6.07) is 15.9. The van der Waals surface area contributed by atoms with E-state index >= 15 is 0 Å². The number of thioether (sulfide) groups is 1. The number of anilines is 2. The highest BCUT2D eigenvalue weighted by Crippen LogP contribution is 2.46. The van der Waals surface area contributed by atoms with Gasteiger partial charge in [0.15, 0.2) is 5.58 Å². The van der Waals surface area contributed by atoms with Crippen molar-refractivity contribution in [1.82, 2.24) is 9.97 Å². The third-order valence-electron chi connectivity index (χ3n) is 4.18. The Morgan fingerprint density at radius 3 is 3.07 bits per heavy atom. The molecule has 134 valence electrons. The van der Waals surface area contributed by atoms with E-state index in [-0.39, 0.29) is 5.37 Å². The monoisotopic (exact) mass is 394 g/mol. The highest BCUT2D eigenvalue weighted by atomic mass is 32.2. The van der Waals surface area contributed by atoms with Crippen molar-refractivity contribution in [2.45, 2.75) is 15.2 Å². The molecule has 5 rings (SSSR count). The summed E-state index contributed by atoms with van der Waals surface area (Å²) in [5, 5.41) is 3.69. The normalized spacial score (nSPS) is 15.5. The first-order valence-electron chi connectivity index (χ1n) is 8.27. The van der Waals surface area contributed by atoms with Gasteiger partial charge in [0.1, 0.15) is 5.37 Å². The van der Waals surface area contributed by atoms with Crippen LogP contribution in [0.15, 0.2) is 79.9 Å². The number of hydrogen-bond donors (Lipinski definition) is 3. The van der Waals surface area contributed by atoms with Gasteiger partial charge >= 0.3 is 5.76 Å². The topological polar surface area (TPSA) is 83.0 Å². The van der Waals surface area contributed by atoms with Crippen LogP contribution in [0.1, 0.15) is 10.9 Å². The molecule has 0 saturated carbocycles. The Morgan fingerprint density at radius 2 is 2.15 bits per heavy atom. The first-order valence-corrected chi connectivity index (χ1v) is 9.97. The summed E-state index contributed by atoms with van der Waals surface area (Å²) in [7, 11) is 0. The van der Waals surface area contributed by atoms with Gasteiger partial charge in [-0.25, -0.2) is 4.79 Å². The Morgan fingerprint density at radius 1 is 1.19 bits per heavy atom. The summed E-state index contributed by atoms with van der Waals surface area (Å²) in [6.07, 6.45) is 3.69. The van der Waals surface area contributed by atoms with Gasteiger partial charge in [0.2, 0.25) is 0 Å². The van der Waals surface area contributed by atoms with Crippen molar-refractivity contribution in [2.75, 3.05) is 10.0 Å². The van der Waals surface area contributed by atoms with Crippen molar-refractivity contribution in [2.24, 2.45) is 0 Å². The number of rotatable bonds is 4. The summed E-state index contributed by atoms with van der Waals surface area (Å²) in [5.41, 5.74) is 4.57. The zero-order valence-electron chi connectivity index (χ0n) is 13.9. The molecule has 1 atom stereocenters. The number of nitrogens with zero attached hydrogens (tertiary/aromatic N) is 1. The second-order valence-electron chi connectivity index (χ2n) is 6.02. The number of aromatic amines is 1. The molecule has 2 aromatic heterocycles. The van der Waals surface area contributed by atoms with Gasteiger partial charge in [-0.1, -0.05) is 23.9 Å². The maximum atomic E-state index is 11.3. The van der Waals surface area contributed by atoms with E-state index in [1.807, 2.05) is 42.6 Å². The largest absolute Gasteiger partial charge is 0.417 e. The fourth-order valence-corrected chi connectivity index (χ4v) is 4.68. The molecule has 0 radical (unpaired) electrons. The first-order chi connectivity index (χ1) is 13.2. The molecule has 0 amide bonds. The molecule has 1 unspecified atom stereocenters. The van der Waals surface area contributed by atoms with E-state index < -0.39 is 5.76 Å². The molecular formula is C19H14N4O2S2. The van der Waals surface area contributed by atoms with Crippen molar-refractivity contribution in [3.8, 4) is 0 Å². The van der Waals surface area contributed by atoms with Crippen LogP contribution < -0.4 is 15.8 Å². The maximum Gasteiger partial charge on any atom is 0.417 e. The molecule has 1 aliphatic rings. The minimum absolute atomic E-state index is 0.168. The highest BCUT2D eigenvalue weighted by molar-refractivity contribution is 8.00. The molecule has 0 spiro atoms. The van der Waals surface area contributed by atoms with E-state index in [4.69, 9.17) is 4.42 Å². The molecule has 0 saturated heterocycles. The number of H-pyrrole nitrogens is 1. The number of hydrogen-bond acceptors (Lipinski definition) is 7. The minimum Gasteiger partial charge on any atom is -0.408 e. The summed E-state index contributed by atoms with van der Waals surface area (Å²) in [6.45, 7) is 0. The average Bonchev–Trinajstić information content (AvgIpc) is 3.28. The smallest absolute Gasteiger partial charge is 0.408 e. The van der Waals surface area contributed by atoms with E-state index in [1.54, 1.807) is 18.0 Å². The van der Waals surface area contributed by atoms with E-state index in [0.717, 1.165) is 21.2 Å². The molecule has 27 heavy (non-hydrogen) atoms. The lowest BCUT2D eigenvalue weighted by Crippen LogP contribution is -2.01. The van der Waals surface area contributed by atoms with E-state index in [2.05, 4.69) is 32.1 Å². The average molecular weight is 394 g/mol. The van der Waals surface area contributed by atoms with Crippen LogP contribution in [0.4, 0.5) is 11.4 Å². The lowest BCUT2D eigenvalue weighted by Gasteiger charge is -2.13. The van der Waals surface area contributed by atoms with Gasteiger partial charge in [0, 0.05) is 23.0 Å². The van der Waals surface area contributed by atoms with Crippen molar-refractivity contribution in [1.29, 1.82) is 0 Å². The predicted molar refractivity (Wildman–Crippen MR) is 109 cm³/mol. The maximum absolute atomic E-state index is 11.3. The first kappa shape index (κ1) is 16.3. The van der Waals surface area contributed by atoms with E-state index in [0.29, 0.717) is 11.1 Å². The standard InChI is InChI=1S/C19H14N4O2S2/c24-19-22-14-5-4-13(9-16(14)25-19)27-23-12-3-1-2-11(8-12)18-21-15-6-7-20-10-17(15)26-18/h1-10,18,21,23H,(H,22,24). The molecule has 0 aliphatic carbocycles. The van der Waals surface area contributed by atoms with Crippen LogP contribution in [0, 0.1) is 0 Å². The van der Waals surface area contributed by atoms with Crippen molar-refractivity contribution >= 4 is 46.2 Å². The Kier molecular flexibility index (Phi) is 4.06. The van der Waals surface area contributed by atoms with Gasteiger partial charge in [-0.05, 0) is 53.9 Å². The third-order valence-corrected chi connectivity index (χ3v) is 6.22. The summed E-state index contributed by atoms with van der Waals surface area (Å²) in [5.74, 6) is -0.439. The zero-order chi connectivity index (χ0) is 18.2. The van der Waals surface area contributed by atoms with Crippen molar-refractivity contribution < 1.29 is 4.42 Å². The fourth-order valence-electron chi connectivity index (χ4n) is 2.91. The molecule has 3 N–H and O–H groups in total. The van der Waals surface area contributed by atoms with Gasteiger partial charge in [0.25, 0.3) is 0 Å². The van der Waals surface area contributed by atoms with Crippen LogP contribution in [-0.4, -0.2) is 9.97 Å². The number of benzene rings is 2. The molecule has 3 heterocycles.